The van der Waals surface area contributed by atoms with Crippen molar-refractivity contribution in [2.75, 3.05) is 38.2 Å². The molecule has 0 aliphatic carbocycles. The molecule has 0 N–H and O–H groups in total. The van der Waals surface area contributed by atoms with Crippen LogP contribution in [0.1, 0.15) is 11.1 Å². The molecule has 3 rings (SSSR count). The Balaban J connectivity index is 1.59. The van der Waals surface area contributed by atoms with Crippen LogP contribution in [-0.2, 0) is 4.79 Å². The largest absolute Gasteiger partial charge is 0.497 e. The molecule has 0 radical (unpaired) electrons. The number of methoxy groups -OCH3 is 1. The minimum Gasteiger partial charge on any atom is -0.497 e. The van der Waals surface area contributed by atoms with Gasteiger partial charge in [-0.1, -0.05) is 29.8 Å². The fraction of sp³-hybridized carbons (Fsp3) is 0.286. The van der Waals surface area contributed by atoms with E-state index in [1.807, 2.05) is 53.4 Å². The van der Waals surface area contributed by atoms with Gasteiger partial charge < -0.3 is 14.5 Å². The van der Waals surface area contributed by atoms with Gasteiger partial charge in [-0.3, -0.25) is 4.79 Å². The Kier molecular flexibility index (Phi) is 5.84. The highest BCUT2D eigenvalue weighted by atomic mass is 35.5. The number of benzene rings is 2. The number of hydrogen-bond acceptors (Lipinski definition) is 3. The van der Waals surface area contributed by atoms with Crippen LogP contribution in [0.5, 0.6) is 5.75 Å². The zero-order valence-electron chi connectivity index (χ0n) is 15.1. The molecule has 1 saturated heterocycles. The van der Waals surface area contributed by atoms with Gasteiger partial charge in [-0.05, 0) is 48.4 Å². The smallest absolute Gasteiger partial charge is 0.246 e. The molecule has 1 amide bonds. The summed E-state index contributed by atoms with van der Waals surface area (Å²) in [6, 6.07) is 13.6. The van der Waals surface area contributed by atoms with Crippen molar-refractivity contribution in [2.24, 2.45) is 0 Å². The lowest BCUT2D eigenvalue weighted by molar-refractivity contribution is -0.126. The lowest BCUT2D eigenvalue weighted by Crippen LogP contribution is -2.48. The Hall–Kier alpha value is -2.46. The second-order valence-corrected chi connectivity index (χ2v) is 6.79. The van der Waals surface area contributed by atoms with Crippen LogP contribution in [0.25, 0.3) is 6.08 Å². The van der Waals surface area contributed by atoms with E-state index in [9.17, 15) is 4.79 Å². The van der Waals surface area contributed by atoms with Gasteiger partial charge in [0.15, 0.2) is 0 Å². The van der Waals surface area contributed by atoms with Crippen molar-refractivity contribution in [2.45, 2.75) is 6.92 Å². The zero-order chi connectivity index (χ0) is 18.5. The SMILES string of the molecule is COc1cccc(/C=C/C(=O)N2CCN(c3cc(Cl)ccc3C)CC2)c1. The second-order valence-electron chi connectivity index (χ2n) is 6.35. The van der Waals surface area contributed by atoms with Crippen molar-refractivity contribution in [3.63, 3.8) is 0 Å². The van der Waals surface area contributed by atoms with Gasteiger partial charge in [0.2, 0.25) is 5.91 Å². The molecule has 0 aromatic heterocycles. The standard InChI is InChI=1S/C21H23ClN2O2/c1-16-6-8-18(22)15-20(16)23-10-12-24(13-11-23)21(25)9-7-17-4-3-5-19(14-17)26-2/h3-9,14-15H,10-13H2,1-2H3/b9-7+. The summed E-state index contributed by atoms with van der Waals surface area (Å²) in [6.07, 6.45) is 3.47. The summed E-state index contributed by atoms with van der Waals surface area (Å²) in [4.78, 5) is 16.6. The lowest BCUT2D eigenvalue weighted by Gasteiger charge is -2.36. The summed E-state index contributed by atoms with van der Waals surface area (Å²) in [5, 5.41) is 0.741. The molecule has 136 valence electrons. The molecular formula is C21H23ClN2O2. The summed E-state index contributed by atoms with van der Waals surface area (Å²) in [6.45, 7) is 5.10. The molecule has 2 aromatic rings. The third kappa shape index (κ3) is 4.38. The Labute approximate surface area is 159 Å². The number of piperazine rings is 1. The van der Waals surface area contributed by atoms with Gasteiger partial charge in [-0.2, -0.15) is 0 Å². The topological polar surface area (TPSA) is 32.8 Å². The minimum absolute atomic E-state index is 0.0373. The van der Waals surface area contributed by atoms with E-state index in [-0.39, 0.29) is 5.91 Å². The third-order valence-electron chi connectivity index (χ3n) is 4.62. The van der Waals surface area contributed by atoms with Crippen molar-refractivity contribution < 1.29 is 9.53 Å². The van der Waals surface area contributed by atoms with Gasteiger partial charge in [0.25, 0.3) is 0 Å². The Morgan fingerprint density at radius 1 is 1.12 bits per heavy atom. The van der Waals surface area contributed by atoms with E-state index < -0.39 is 0 Å². The molecule has 0 bridgehead atoms. The average Bonchev–Trinajstić information content (AvgIpc) is 2.68. The summed E-state index contributed by atoms with van der Waals surface area (Å²) in [7, 11) is 1.63. The number of hydrogen-bond donors (Lipinski definition) is 0. The predicted octanol–water partition coefficient (Wildman–Crippen LogP) is 4.02. The van der Waals surface area contributed by atoms with E-state index in [0.29, 0.717) is 13.1 Å². The fourth-order valence-electron chi connectivity index (χ4n) is 3.11. The average molecular weight is 371 g/mol. The highest BCUT2D eigenvalue weighted by molar-refractivity contribution is 6.30. The molecule has 0 spiro atoms. The van der Waals surface area contributed by atoms with Crippen LogP contribution < -0.4 is 9.64 Å². The number of carbonyl (C=O) groups is 1. The molecule has 1 fully saturated rings. The van der Waals surface area contributed by atoms with Crippen molar-refractivity contribution >= 4 is 29.3 Å². The summed E-state index contributed by atoms with van der Waals surface area (Å²) < 4.78 is 5.21. The van der Waals surface area contributed by atoms with E-state index in [2.05, 4.69) is 11.8 Å². The predicted molar refractivity (Wildman–Crippen MR) is 107 cm³/mol. The Morgan fingerprint density at radius 3 is 2.62 bits per heavy atom. The maximum absolute atomic E-state index is 12.5. The molecular weight excluding hydrogens is 348 g/mol. The third-order valence-corrected chi connectivity index (χ3v) is 4.85. The molecule has 1 aliphatic heterocycles. The second kappa shape index (κ2) is 8.28. The van der Waals surface area contributed by atoms with Gasteiger partial charge in [0.05, 0.1) is 7.11 Å². The molecule has 0 unspecified atom stereocenters. The van der Waals surface area contributed by atoms with Crippen LogP contribution in [0.2, 0.25) is 5.02 Å². The summed E-state index contributed by atoms with van der Waals surface area (Å²) in [5.41, 5.74) is 3.30. The normalized spacial score (nSPS) is 14.7. The van der Waals surface area contributed by atoms with Gasteiger partial charge in [-0.15, -0.1) is 0 Å². The van der Waals surface area contributed by atoms with E-state index in [1.165, 1.54) is 5.56 Å². The van der Waals surface area contributed by atoms with Crippen LogP contribution in [0.3, 0.4) is 0 Å². The maximum atomic E-state index is 12.5. The minimum atomic E-state index is 0.0373. The number of rotatable bonds is 4. The number of nitrogens with zero attached hydrogens (tertiary/aromatic N) is 2. The maximum Gasteiger partial charge on any atom is 0.246 e. The van der Waals surface area contributed by atoms with E-state index in [4.69, 9.17) is 16.3 Å². The number of carbonyl (C=O) groups excluding carboxylic acids is 1. The van der Waals surface area contributed by atoms with Crippen molar-refractivity contribution in [3.05, 3.63) is 64.7 Å². The van der Waals surface area contributed by atoms with Crippen LogP contribution in [0.15, 0.2) is 48.5 Å². The van der Waals surface area contributed by atoms with Gasteiger partial charge in [0.1, 0.15) is 5.75 Å². The van der Waals surface area contributed by atoms with Crippen molar-refractivity contribution in [1.82, 2.24) is 4.90 Å². The monoisotopic (exact) mass is 370 g/mol. The van der Waals surface area contributed by atoms with Crippen LogP contribution >= 0.6 is 11.6 Å². The van der Waals surface area contributed by atoms with Gasteiger partial charge >= 0.3 is 0 Å². The first-order valence-corrected chi connectivity index (χ1v) is 9.07. The molecule has 26 heavy (non-hydrogen) atoms. The molecule has 1 heterocycles. The van der Waals surface area contributed by atoms with Gasteiger partial charge in [0, 0.05) is 43.0 Å². The Bertz CT molecular complexity index is 811. The fourth-order valence-corrected chi connectivity index (χ4v) is 3.28. The highest BCUT2D eigenvalue weighted by Gasteiger charge is 2.20. The van der Waals surface area contributed by atoms with E-state index in [0.717, 1.165) is 35.1 Å². The number of ether oxygens (including phenoxy) is 1. The van der Waals surface area contributed by atoms with Crippen molar-refractivity contribution in [3.8, 4) is 5.75 Å². The van der Waals surface area contributed by atoms with E-state index >= 15 is 0 Å². The summed E-state index contributed by atoms with van der Waals surface area (Å²) in [5.74, 6) is 0.820. The number of halogens is 1. The van der Waals surface area contributed by atoms with Crippen LogP contribution in [0, 0.1) is 6.92 Å². The first kappa shape index (κ1) is 18.3. The molecule has 0 saturated carbocycles. The number of aryl methyl sites for hydroxylation is 1. The lowest BCUT2D eigenvalue weighted by atomic mass is 10.1. The highest BCUT2D eigenvalue weighted by Crippen LogP contribution is 2.25. The van der Waals surface area contributed by atoms with E-state index in [1.54, 1.807) is 13.2 Å². The van der Waals surface area contributed by atoms with Gasteiger partial charge in [-0.25, -0.2) is 0 Å². The number of amides is 1. The summed E-state index contributed by atoms with van der Waals surface area (Å²) >= 11 is 6.13. The molecule has 0 atom stereocenters. The molecule has 2 aromatic carbocycles. The quantitative estimate of drug-likeness (QED) is 0.762. The van der Waals surface area contributed by atoms with Crippen molar-refractivity contribution in [1.29, 1.82) is 0 Å². The number of anilines is 1. The van der Waals surface area contributed by atoms with Crippen LogP contribution in [-0.4, -0.2) is 44.1 Å². The molecule has 5 heteroatoms. The van der Waals surface area contributed by atoms with Crippen LogP contribution in [0.4, 0.5) is 5.69 Å². The first-order valence-electron chi connectivity index (χ1n) is 8.69. The molecule has 1 aliphatic rings. The Morgan fingerprint density at radius 2 is 1.88 bits per heavy atom. The first-order chi connectivity index (χ1) is 12.6. The zero-order valence-corrected chi connectivity index (χ0v) is 15.9. The molecule has 4 nitrogen and oxygen atoms in total.